The fraction of sp³-hybridized carbons (Fsp3) is 0.515. The Kier molecular flexibility index (Phi) is 12.6. The molecule has 11 heteroatoms. The van der Waals surface area contributed by atoms with E-state index in [1.54, 1.807) is 41.5 Å². The number of alkyl carbamates (subject to hydrolysis) is 3. The number of carbonyl (C=O) groups excluding carboxylic acids is 3. The lowest BCUT2D eigenvalue weighted by atomic mass is 10.2. The first-order chi connectivity index (χ1) is 20.3. The Hall–Kier alpha value is -3.86. The highest BCUT2D eigenvalue weighted by molar-refractivity contribution is 7.02. The van der Waals surface area contributed by atoms with Crippen molar-refractivity contribution < 1.29 is 28.6 Å². The molecule has 0 saturated carbocycles. The summed E-state index contributed by atoms with van der Waals surface area (Å²) in [7, 11) is -2.59. The van der Waals surface area contributed by atoms with Crippen LogP contribution in [0.4, 0.5) is 14.4 Å². The zero-order valence-electron chi connectivity index (χ0n) is 27.9. The fourth-order valence-electron chi connectivity index (χ4n) is 4.49. The van der Waals surface area contributed by atoms with Crippen molar-refractivity contribution in [2.75, 3.05) is 6.54 Å². The minimum atomic E-state index is -2.59. The molecule has 0 aliphatic carbocycles. The molecule has 3 N–H and O–H groups in total. The Morgan fingerprint density at radius 2 is 1.07 bits per heavy atom. The van der Waals surface area contributed by atoms with Crippen molar-refractivity contribution >= 4 is 42.7 Å². The maximum Gasteiger partial charge on any atom is 0.414 e. The number of guanidine groups is 1. The number of hydrogen-bond donors (Lipinski definition) is 3. The smallest absolute Gasteiger partial charge is 0.414 e. The predicted molar refractivity (Wildman–Crippen MR) is 177 cm³/mol. The Labute approximate surface area is 263 Å². The van der Waals surface area contributed by atoms with Crippen molar-refractivity contribution in [2.45, 2.75) is 104 Å². The van der Waals surface area contributed by atoms with E-state index in [0.717, 1.165) is 10.4 Å². The monoisotopic (exact) mass is 626 g/mol. The normalized spacial score (nSPS) is 12.8. The van der Waals surface area contributed by atoms with E-state index < -0.39 is 43.2 Å². The molecule has 0 radical (unpaired) electrons. The summed E-state index contributed by atoms with van der Waals surface area (Å²) in [5.41, 5.74) is -2.41. The largest absolute Gasteiger partial charge is 0.444 e. The summed E-state index contributed by atoms with van der Waals surface area (Å²) in [4.78, 5) is 42.6. The minimum Gasteiger partial charge on any atom is -0.444 e. The van der Waals surface area contributed by atoms with Crippen molar-refractivity contribution in [3.05, 3.63) is 60.7 Å². The van der Waals surface area contributed by atoms with Crippen LogP contribution in [-0.2, 0) is 14.2 Å². The lowest BCUT2D eigenvalue weighted by Gasteiger charge is -2.38. The third-order valence-corrected chi connectivity index (χ3v) is 11.2. The topological polar surface area (TPSA) is 127 Å². The number of ether oxygens (including phenoxy) is 3. The van der Waals surface area contributed by atoms with Gasteiger partial charge in [0.2, 0.25) is 5.96 Å². The number of nitrogens with zero attached hydrogens (tertiary/aromatic N) is 1. The van der Waals surface area contributed by atoms with E-state index in [2.05, 4.69) is 51.8 Å². The molecule has 0 heterocycles. The summed E-state index contributed by atoms with van der Waals surface area (Å²) >= 11 is 0. The number of rotatable bonds is 8. The van der Waals surface area contributed by atoms with Crippen molar-refractivity contribution in [3.63, 3.8) is 0 Å². The van der Waals surface area contributed by atoms with Crippen molar-refractivity contribution in [1.82, 2.24) is 16.0 Å². The van der Waals surface area contributed by atoms with Crippen LogP contribution in [0.3, 0.4) is 0 Å². The van der Waals surface area contributed by atoms with E-state index in [1.807, 2.05) is 57.2 Å². The first-order valence-electron chi connectivity index (χ1n) is 14.9. The number of aliphatic imine (C=N–C) groups is 1. The molecule has 0 aliphatic heterocycles. The standard InChI is InChI=1S/C33H50N4O6Si/c1-31(2,3)41-28(38)35-26(44(10,24-18-13-11-14-19-24)25-20-15-12-16-21-25)22-17-23-34-27(36-29(39)42-32(4,5)6)37-30(40)43-33(7,8)9/h11-16,18-21,26H,17,22-23H2,1-10H3,(H,35,38)(H2,34,36,37,39,40)/t26-/m1/s1. The van der Waals surface area contributed by atoms with Crippen LogP contribution in [0, 0.1) is 0 Å². The molecule has 0 unspecified atom stereocenters. The molecule has 0 saturated heterocycles. The van der Waals surface area contributed by atoms with Crippen molar-refractivity contribution in [3.8, 4) is 0 Å². The zero-order valence-corrected chi connectivity index (χ0v) is 28.9. The van der Waals surface area contributed by atoms with Gasteiger partial charge in [-0.2, -0.15) is 0 Å². The number of nitrogens with one attached hydrogen (secondary N) is 3. The first kappa shape index (κ1) is 36.3. The predicted octanol–water partition coefficient (Wildman–Crippen LogP) is 5.50. The third kappa shape index (κ3) is 12.8. The summed E-state index contributed by atoms with van der Waals surface area (Å²) in [6.45, 7) is 18.4. The molecule has 2 aromatic rings. The van der Waals surface area contributed by atoms with E-state index in [9.17, 15) is 14.4 Å². The van der Waals surface area contributed by atoms with Crippen LogP contribution in [0.25, 0.3) is 0 Å². The Morgan fingerprint density at radius 1 is 0.682 bits per heavy atom. The second-order valence-corrected chi connectivity index (χ2v) is 18.0. The Morgan fingerprint density at radius 3 is 1.45 bits per heavy atom. The maximum absolute atomic E-state index is 13.1. The molecular weight excluding hydrogens is 576 g/mol. The first-order valence-corrected chi connectivity index (χ1v) is 17.5. The van der Waals surface area contributed by atoms with Crippen molar-refractivity contribution in [2.24, 2.45) is 4.99 Å². The van der Waals surface area contributed by atoms with E-state index in [1.165, 1.54) is 0 Å². The molecule has 0 spiro atoms. The van der Waals surface area contributed by atoms with Gasteiger partial charge in [-0.3, -0.25) is 15.6 Å². The van der Waals surface area contributed by atoms with Crippen LogP contribution in [0.5, 0.6) is 0 Å². The maximum atomic E-state index is 13.1. The number of benzene rings is 2. The summed E-state index contributed by atoms with van der Waals surface area (Å²) in [6.07, 6.45) is -0.926. The van der Waals surface area contributed by atoms with Crippen LogP contribution < -0.4 is 26.3 Å². The number of amides is 3. The van der Waals surface area contributed by atoms with Gasteiger partial charge in [0.25, 0.3) is 0 Å². The number of carbonyl (C=O) groups is 3. The second kappa shape index (κ2) is 15.2. The molecule has 242 valence electrons. The summed E-state index contributed by atoms with van der Waals surface area (Å²) in [6, 6.07) is 20.4. The highest BCUT2D eigenvalue weighted by Crippen LogP contribution is 2.17. The van der Waals surface area contributed by atoms with Crippen LogP contribution in [0.1, 0.15) is 75.2 Å². The molecular formula is C33H50N4O6Si. The van der Waals surface area contributed by atoms with Gasteiger partial charge in [-0.1, -0.05) is 77.6 Å². The van der Waals surface area contributed by atoms with Crippen LogP contribution >= 0.6 is 0 Å². The van der Waals surface area contributed by atoms with E-state index >= 15 is 0 Å². The lowest BCUT2D eigenvalue weighted by Crippen LogP contribution is -2.69. The molecule has 44 heavy (non-hydrogen) atoms. The molecule has 0 aromatic heterocycles. The number of hydrogen-bond acceptors (Lipinski definition) is 7. The lowest BCUT2D eigenvalue weighted by molar-refractivity contribution is 0.0508. The zero-order chi connectivity index (χ0) is 33.2. The average molecular weight is 627 g/mol. The molecule has 1 atom stereocenters. The van der Waals surface area contributed by atoms with Gasteiger partial charge in [0, 0.05) is 12.2 Å². The molecule has 2 rings (SSSR count). The van der Waals surface area contributed by atoms with Gasteiger partial charge in [-0.25, -0.2) is 14.4 Å². The molecule has 0 bridgehead atoms. The Balaban J connectivity index is 2.38. The second-order valence-electron chi connectivity index (χ2n) is 13.8. The molecule has 2 aromatic carbocycles. The average Bonchev–Trinajstić information content (AvgIpc) is 2.87. The molecule has 0 aliphatic rings. The van der Waals surface area contributed by atoms with E-state index in [4.69, 9.17) is 14.2 Å². The van der Waals surface area contributed by atoms with Crippen molar-refractivity contribution in [1.29, 1.82) is 0 Å². The Bertz CT molecular complexity index is 1190. The third-order valence-electron chi connectivity index (χ3n) is 6.29. The van der Waals surface area contributed by atoms with Gasteiger partial charge in [-0.05, 0) is 75.2 Å². The summed E-state index contributed by atoms with van der Waals surface area (Å²) in [5, 5.41) is 10.5. The van der Waals surface area contributed by atoms with Gasteiger partial charge in [0.05, 0.1) is 0 Å². The van der Waals surface area contributed by atoms with Crippen LogP contribution in [0.2, 0.25) is 6.55 Å². The summed E-state index contributed by atoms with van der Waals surface area (Å²) in [5.74, 6) is -0.0868. The van der Waals surface area contributed by atoms with E-state index in [0.29, 0.717) is 12.8 Å². The van der Waals surface area contributed by atoms with Gasteiger partial charge < -0.3 is 19.5 Å². The van der Waals surface area contributed by atoms with Gasteiger partial charge >= 0.3 is 18.3 Å². The molecule has 10 nitrogen and oxygen atoms in total. The highest BCUT2D eigenvalue weighted by Gasteiger charge is 2.41. The molecule has 0 fully saturated rings. The SMILES string of the molecule is CC(C)(C)OC(=O)NC(=NCCC[C@H](NC(=O)OC(C)(C)C)[Si](C)(c1ccccc1)c1ccccc1)NC(=O)OC(C)(C)C. The van der Waals surface area contributed by atoms with Gasteiger partial charge in [0.15, 0.2) is 0 Å². The molecule has 3 amide bonds. The highest BCUT2D eigenvalue weighted by atomic mass is 28.3. The van der Waals surface area contributed by atoms with Gasteiger partial charge in [-0.15, -0.1) is 0 Å². The summed E-state index contributed by atoms with van der Waals surface area (Å²) < 4.78 is 16.4. The quantitative estimate of drug-likeness (QED) is 0.117. The van der Waals surface area contributed by atoms with Crippen LogP contribution in [-0.4, -0.2) is 61.3 Å². The fourth-order valence-corrected chi connectivity index (χ4v) is 8.59. The van der Waals surface area contributed by atoms with E-state index in [-0.39, 0.29) is 18.2 Å². The minimum absolute atomic E-state index is 0.0868. The van der Waals surface area contributed by atoms with Gasteiger partial charge in [0.1, 0.15) is 24.9 Å². The van der Waals surface area contributed by atoms with Crippen LogP contribution in [0.15, 0.2) is 65.7 Å².